The molecule has 2 saturated heterocycles. The number of rotatable bonds is 3. The van der Waals surface area contributed by atoms with Crippen LogP contribution in [0, 0.1) is 18.8 Å². The Morgan fingerprint density at radius 1 is 1.21 bits per heavy atom. The van der Waals surface area contributed by atoms with E-state index in [4.69, 9.17) is 21.1 Å². The average molecular weight is 487 g/mol. The maximum atomic E-state index is 14.1. The van der Waals surface area contributed by atoms with Crippen LogP contribution in [0.25, 0.3) is 0 Å². The van der Waals surface area contributed by atoms with E-state index in [1.807, 2.05) is 31.2 Å². The fourth-order valence-corrected chi connectivity index (χ4v) is 6.09. The van der Waals surface area contributed by atoms with Gasteiger partial charge in [-0.15, -0.1) is 0 Å². The number of aryl methyl sites for hydroxylation is 1. The highest BCUT2D eigenvalue weighted by Gasteiger charge is 2.71. The Bertz CT molecular complexity index is 1070. The van der Waals surface area contributed by atoms with E-state index in [9.17, 15) is 19.5 Å². The summed E-state index contributed by atoms with van der Waals surface area (Å²) < 4.78 is 12.0. The number of hydrogen-bond donors (Lipinski definition) is 1. The minimum absolute atomic E-state index is 0.0533. The lowest BCUT2D eigenvalue weighted by Crippen LogP contribution is -2.56. The number of likely N-dealkylation sites (tertiary alicyclic amines) is 1. The number of amides is 2. The number of aliphatic hydroxyl groups excluding tert-OH is 1. The molecule has 1 N–H and O–H groups in total. The third kappa shape index (κ3) is 3.39. The SMILES string of the molecule is Cc1cccc(Cl)c1N1CC=C[C@]23O[C@H]4/C=C\CCCOC(=O)[C@H]4[C@H]2C(=O)N(CCO)C3C1=O. The second-order valence-corrected chi connectivity index (χ2v) is 9.50. The van der Waals surface area contributed by atoms with Gasteiger partial charge in [0.1, 0.15) is 17.6 Å². The van der Waals surface area contributed by atoms with Crippen LogP contribution in [-0.4, -0.2) is 71.8 Å². The monoisotopic (exact) mass is 486 g/mol. The van der Waals surface area contributed by atoms with E-state index >= 15 is 0 Å². The van der Waals surface area contributed by atoms with Crippen LogP contribution in [0.5, 0.6) is 0 Å². The standard InChI is InChI=1S/C25H27ClN2O6/c1-15-7-5-8-16(26)20(15)27-11-6-10-25-19(22(30)28(12-13-29)21(25)23(27)31)18-17(34-25)9-3-2-4-14-33-24(18)32/h3,5-10,17-19,21,29H,2,4,11-14H2,1H3/b9-3-/t17-,18+,19-,21?,25-/m0/s1. The highest BCUT2D eigenvalue weighted by Crippen LogP contribution is 2.53. The summed E-state index contributed by atoms with van der Waals surface area (Å²) >= 11 is 6.49. The summed E-state index contributed by atoms with van der Waals surface area (Å²) in [4.78, 5) is 43.8. The van der Waals surface area contributed by atoms with Crippen molar-refractivity contribution in [3.8, 4) is 0 Å². The van der Waals surface area contributed by atoms with Gasteiger partial charge >= 0.3 is 5.97 Å². The van der Waals surface area contributed by atoms with Crippen LogP contribution in [0.3, 0.4) is 0 Å². The second-order valence-electron chi connectivity index (χ2n) is 9.09. The first-order valence-corrected chi connectivity index (χ1v) is 11.9. The summed E-state index contributed by atoms with van der Waals surface area (Å²) in [6.07, 6.45) is 8.01. The van der Waals surface area contributed by atoms with Gasteiger partial charge in [0.25, 0.3) is 5.91 Å². The first kappa shape index (κ1) is 23.1. The summed E-state index contributed by atoms with van der Waals surface area (Å²) in [5.74, 6) is -3.07. The molecule has 2 fully saturated rings. The van der Waals surface area contributed by atoms with Gasteiger partial charge < -0.3 is 24.4 Å². The van der Waals surface area contributed by atoms with Gasteiger partial charge in [0.05, 0.1) is 35.9 Å². The van der Waals surface area contributed by atoms with Gasteiger partial charge in [-0.25, -0.2) is 0 Å². The Labute approximate surface area is 202 Å². The molecule has 4 heterocycles. The molecule has 8 nitrogen and oxygen atoms in total. The fraction of sp³-hybridized carbons (Fsp3) is 0.480. The quantitative estimate of drug-likeness (QED) is 0.518. The Hall–Kier alpha value is -2.68. The van der Waals surface area contributed by atoms with Crippen LogP contribution in [0.2, 0.25) is 5.02 Å². The van der Waals surface area contributed by atoms with Gasteiger partial charge in [-0.2, -0.15) is 0 Å². The van der Waals surface area contributed by atoms with Gasteiger partial charge in [-0.3, -0.25) is 14.4 Å². The number of anilines is 1. The number of aliphatic hydroxyl groups is 1. The number of esters is 1. The van der Waals surface area contributed by atoms with Crippen LogP contribution < -0.4 is 4.90 Å². The Morgan fingerprint density at radius 3 is 2.79 bits per heavy atom. The van der Waals surface area contributed by atoms with E-state index in [1.54, 1.807) is 23.1 Å². The minimum Gasteiger partial charge on any atom is -0.465 e. The number of fused-ring (bicyclic) bond motifs is 2. The Kier molecular flexibility index (Phi) is 6.00. The zero-order chi connectivity index (χ0) is 24.0. The van der Waals surface area contributed by atoms with Gasteiger partial charge in [-0.05, 0) is 31.4 Å². The number of carbonyl (C=O) groups is 3. The van der Waals surface area contributed by atoms with E-state index in [0.717, 1.165) is 12.0 Å². The van der Waals surface area contributed by atoms with Crippen LogP contribution in [-0.2, 0) is 23.9 Å². The predicted octanol–water partition coefficient (Wildman–Crippen LogP) is 2.02. The lowest BCUT2D eigenvalue weighted by atomic mass is 9.78. The number of cyclic esters (lactones) is 1. The van der Waals surface area contributed by atoms with Crippen molar-refractivity contribution in [2.24, 2.45) is 11.8 Å². The van der Waals surface area contributed by atoms with Crippen LogP contribution in [0.1, 0.15) is 18.4 Å². The van der Waals surface area contributed by atoms with Crippen molar-refractivity contribution in [1.29, 1.82) is 0 Å². The first-order valence-electron chi connectivity index (χ1n) is 11.6. The molecule has 34 heavy (non-hydrogen) atoms. The summed E-state index contributed by atoms with van der Waals surface area (Å²) in [6, 6.07) is 4.34. The molecule has 180 valence electrons. The summed E-state index contributed by atoms with van der Waals surface area (Å²) in [7, 11) is 0. The highest BCUT2D eigenvalue weighted by molar-refractivity contribution is 6.34. The molecule has 4 aliphatic heterocycles. The minimum atomic E-state index is -1.36. The van der Waals surface area contributed by atoms with Crippen molar-refractivity contribution in [3.63, 3.8) is 0 Å². The third-order valence-corrected chi connectivity index (χ3v) is 7.46. The molecular formula is C25H27ClN2O6. The molecule has 0 bridgehead atoms. The number of para-hydroxylation sites is 1. The number of nitrogens with zero attached hydrogens (tertiary/aromatic N) is 2. The van der Waals surface area contributed by atoms with E-state index in [1.165, 1.54) is 4.90 Å². The number of allylic oxidation sites excluding steroid dienone is 1. The summed E-state index contributed by atoms with van der Waals surface area (Å²) in [5.41, 5.74) is 0.0255. The summed E-state index contributed by atoms with van der Waals surface area (Å²) in [5, 5.41) is 10.1. The van der Waals surface area contributed by atoms with E-state index < -0.39 is 41.5 Å². The molecule has 1 aromatic rings. The fourth-order valence-electron chi connectivity index (χ4n) is 5.77. The first-order chi connectivity index (χ1) is 16.4. The molecule has 5 atom stereocenters. The highest BCUT2D eigenvalue weighted by atomic mass is 35.5. The van der Waals surface area contributed by atoms with Gasteiger partial charge in [0.2, 0.25) is 5.91 Å². The zero-order valence-corrected chi connectivity index (χ0v) is 19.6. The predicted molar refractivity (Wildman–Crippen MR) is 124 cm³/mol. The number of β-amino-alcohol motifs (C(OH)–C–C–N with tert-alkyl or cyclic N) is 1. The van der Waals surface area contributed by atoms with Crippen LogP contribution in [0.4, 0.5) is 5.69 Å². The molecule has 2 amide bonds. The summed E-state index contributed by atoms with van der Waals surface area (Å²) in [6.45, 7) is 1.98. The molecule has 1 aromatic carbocycles. The normalized spacial score (nSPS) is 33.9. The molecule has 0 saturated carbocycles. The van der Waals surface area contributed by atoms with Gasteiger partial charge in [-0.1, -0.05) is 48.0 Å². The second kappa shape index (κ2) is 8.83. The van der Waals surface area contributed by atoms with Crippen molar-refractivity contribution < 1.29 is 29.0 Å². The molecule has 4 aliphatic rings. The lowest BCUT2D eigenvalue weighted by molar-refractivity contribution is -0.154. The number of hydrogen-bond acceptors (Lipinski definition) is 6. The Morgan fingerprint density at radius 2 is 2.03 bits per heavy atom. The number of ether oxygens (including phenoxy) is 2. The number of halogens is 1. The average Bonchev–Trinajstić information content (AvgIpc) is 3.20. The van der Waals surface area contributed by atoms with Crippen molar-refractivity contribution in [2.75, 3.05) is 31.2 Å². The molecule has 0 aromatic heterocycles. The number of carbonyl (C=O) groups excluding carboxylic acids is 3. The molecule has 0 radical (unpaired) electrons. The topological polar surface area (TPSA) is 96.4 Å². The van der Waals surface area contributed by atoms with E-state index in [2.05, 4.69) is 0 Å². The van der Waals surface area contributed by atoms with E-state index in [0.29, 0.717) is 17.1 Å². The van der Waals surface area contributed by atoms with Crippen molar-refractivity contribution >= 4 is 35.1 Å². The van der Waals surface area contributed by atoms with Crippen molar-refractivity contribution in [1.82, 2.24) is 4.90 Å². The number of benzene rings is 1. The molecular weight excluding hydrogens is 460 g/mol. The van der Waals surface area contributed by atoms with Crippen LogP contribution >= 0.6 is 11.6 Å². The van der Waals surface area contributed by atoms with Crippen molar-refractivity contribution in [3.05, 3.63) is 53.1 Å². The Balaban J connectivity index is 1.63. The maximum Gasteiger partial charge on any atom is 0.312 e. The third-order valence-electron chi connectivity index (χ3n) is 7.15. The maximum absolute atomic E-state index is 14.1. The van der Waals surface area contributed by atoms with Crippen LogP contribution in [0.15, 0.2) is 42.5 Å². The molecule has 0 aliphatic carbocycles. The smallest absolute Gasteiger partial charge is 0.312 e. The zero-order valence-electron chi connectivity index (χ0n) is 18.9. The molecule has 9 heteroatoms. The molecule has 1 unspecified atom stereocenters. The lowest BCUT2D eigenvalue weighted by Gasteiger charge is -2.35. The molecule has 1 spiro atoms. The van der Waals surface area contributed by atoms with Gasteiger partial charge in [0.15, 0.2) is 0 Å². The van der Waals surface area contributed by atoms with E-state index in [-0.39, 0.29) is 32.2 Å². The van der Waals surface area contributed by atoms with Gasteiger partial charge in [0, 0.05) is 13.1 Å². The molecule has 5 rings (SSSR count). The van der Waals surface area contributed by atoms with Crippen molar-refractivity contribution in [2.45, 2.75) is 37.5 Å². The largest absolute Gasteiger partial charge is 0.465 e.